The van der Waals surface area contributed by atoms with Crippen molar-refractivity contribution in [2.45, 2.75) is 25.8 Å². The van der Waals surface area contributed by atoms with Gasteiger partial charge in [-0.2, -0.15) is 0 Å². The van der Waals surface area contributed by atoms with Gasteiger partial charge in [-0.3, -0.25) is 4.79 Å². The Kier molecular flexibility index (Phi) is 4.90. The molecule has 0 aromatic carbocycles. The number of hydrogen-bond donors (Lipinski definition) is 2. The Morgan fingerprint density at radius 2 is 2.50 bits per heavy atom. The summed E-state index contributed by atoms with van der Waals surface area (Å²) >= 11 is 0. The molecule has 0 bridgehead atoms. The zero-order valence-electron chi connectivity index (χ0n) is 9.01. The lowest BCUT2D eigenvalue weighted by molar-refractivity contribution is -0.142. The van der Waals surface area contributed by atoms with Gasteiger partial charge in [-0.15, -0.1) is 0 Å². The lowest BCUT2D eigenvalue weighted by Crippen LogP contribution is -2.42. The van der Waals surface area contributed by atoms with Gasteiger partial charge in [-0.1, -0.05) is 0 Å². The third-order valence-corrected chi connectivity index (χ3v) is 2.67. The predicted octanol–water partition coefficient (Wildman–Crippen LogP) is 0.137. The molecule has 0 amide bonds. The van der Waals surface area contributed by atoms with Gasteiger partial charge in [0, 0.05) is 0 Å². The van der Waals surface area contributed by atoms with E-state index in [2.05, 4.69) is 15.4 Å². The van der Waals surface area contributed by atoms with E-state index in [1.807, 2.05) is 6.92 Å². The van der Waals surface area contributed by atoms with E-state index in [1.54, 1.807) is 0 Å². The number of nitrogens with one attached hydrogen (secondary N) is 2. The van der Waals surface area contributed by atoms with Crippen LogP contribution in [0, 0.1) is 5.92 Å². The third-order valence-electron chi connectivity index (χ3n) is 2.67. The van der Waals surface area contributed by atoms with Gasteiger partial charge < -0.3 is 15.4 Å². The molecule has 1 saturated heterocycles. The maximum Gasteiger partial charge on any atom is 0.322 e. The largest absolute Gasteiger partial charge is 0.468 e. The molecule has 1 aliphatic rings. The lowest BCUT2D eigenvalue weighted by atomic mass is 9.99. The molecular weight excluding hydrogens is 180 g/mol. The van der Waals surface area contributed by atoms with Gasteiger partial charge in [0.15, 0.2) is 0 Å². The number of hydrogen-bond acceptors (Lipinski definition) is 4. The summed E-state index contributed by atoms with van der Waals surface area (Å²) in [7, 11) is 1.42. The highest BCUT2D eigenvalue weighted by atomic mass is 16.5. The number of carbonyl (C=O) groups is 1. The molecule has 0 spiro atoms. The van der Waals surface area contributed by atoms with Crippen molar-refractivity contribution in [2.24, 2.45) is 5.92 Å². The van der Waals surface area contributed by atoms with Crippen LogP contribution in [-0.4, -0.2) is 38.8 Å². The second-order valence-corrected chi connectivity index (χ2v) is 3.87. The molecule has 2 N–H and O–H groups in total. The van der Waals surface area contributed by atoms with E-state index in [0.29, 0.717) is 5.92 Å². The first kappa shape index (κ1) is 11.5. The van der Waals surface area contributed by atoms with Gasteiger partial charge >= 0.3 is 5.97 Å². The monoisotopic (exact) mass is 200 g/mol. The van der Waals surface area contributed by atoms with Gasteiger partial charge in [-0.25, -0.2) is 0 Å². The van der Waals surface area contributed by atoms with Crippen LogP contribution in [0.1, 0.15) is 19.8 Å². The van der Waals surface area contributed by atoms with Crippen molar-refractivity contribution in [3.8, 4) is 0 Å². The van der Waals surface area contributed by atoms with E-state index in [1.165, 1.54) is 20.0 Å². The molecule has 2 atom stereocenters. The minimum Gasteiger partial charge on any atom is -0.468 e. The van der Waals surface area contributed by atoms with Crippen LogP contribution in [0.4, 0.5) is 0 Å². The van der Waals surface area contributed by atoms with E-state index >= 15 is 0 Å². The fraction of sp³-hybridized carbons (Fsp3) is 0.900. The van der Waals surface area contributed by atoms with Crippen LogP contribution in [0.15, 0.2) is 0 Å². The second-order valence-electron chi connectivity index (χ2n) is 3.87. The number of methoxy groups -OCH3 is 1. The molecule has 0 saturated carbocycles. The normalized spacial score (nSPS) is 24.3. The van der Waals surface area contributed by atoms with Crippen LogP contribution >= 0.6 is 0 Å². The molecule has 82 valence electrons. The molecule has 4 nitrogen and oxygen atoms in total. The molecule has 14 heavy (non-hydrogen) atoms. The highest BCUT2D eigenvalue weighted by Crippen LogP contribution is 2.08. The van der Waals surface area contributed by atoms with Gasteiger partial charge in [0.05, 0.1) is 7.11 Å². The first-order valence-electron chi connectivity index (χ1n) is 5.26. The van der Waals surface area contributed by atoms with Crippen LogP contribution < -0.4 is 10.6 Å². The molecule has 2 unspecified atom stereocenters. The summed E-state index contributed by atoms with van der Waals surface area (Å²) in [6.07, 6.45) is 2.48. The summed E-state index contributed by atoms with van der Waals surface area (Å²) in [4.78, 5) is 11.1. The SMILES string of the molecule is COC(=O)C(C)NCC1CCCNC1. The van der Waals surface area contributed by atoms with Gasteiger partial charge in [0.25, 0.3) is 0 Å². The van der Waals surface area contributed by atoms with Crippen LogP contribution in [0.25, 0.3) is 0 Å². The lowest BCUT2D eigenvalue weighted by Gasteiger charge is -2.24. The van der Waals surface area contributed by atoms with Crippen molar-refractivity contribution in [1.82, 2.24) is 10.6 Å². The maximum absolute atomic E-state index is 11.1. The zero-order valence-corrected chi connectivity index (χ0v) is 9.01. The molecule has 1 aliphatic heterocycles. The summed E-state index contributed by atoms with van der Waals surface area (Å²) < 4.78 is 4.63. The van der Waals surface area contributed by atoms with E-state index in [9.17, 15) is 4.79 Å². The highest BCUT2D eigenvalue weighted by molar-refractivity contribution is 5.75. The zero-order chi connectivity index (χ0) is 10.4. The summed E-state index contributed by atoms with van der Waals surface area (Å²) in [5, 5.41) is 6.53. The molecule has 4 heteroatoms. The number of piperidine rings is 1. The van der Waals surface area contributed by atoms with E-state index < -0.39 is 0 Å². The molecular formula is C10H20N2O2. The van der Waals surface area contributed by atoms with E-state index in [0.717, 1.165) is 19.6 Å². The number of carbonyl (C=O) groups excluding carboxylic acids is 1. The molecule has 0 aromatic rings. The van der Waals surface area contributed by atoms with Crippen molar-refractivity contribution in [3.63, 3.8) is 0 Å². The summed E-state index contributed by atoms with van der Waals surface area (Å²) in [6.45, 7) is 4.91. The van der Waals surface area contributed by atoms with Crippen molar-refractivity contribution in [3.05, 3.63) is 0 Å². The Balaban J connectivity index is 2.15. The first-order valence-corrected chi connectivity index (χ1v) is 5.26. The van der Waals surface area contributed by atoms with Crippen LogP contribution in [0.2, 0.25) is 0 Å². The molecule has 0 aromatic heterocycles. The Morgan fingerprint density at radius 3 is 3.07 bits per heavy atom. The summed E-state index contributed by atoms with van der Waals surface area (Å²) in [5.74, 6) is 0.463. The van der Waals surface area contributed by atoms with Gasteiger partial charge in [-0.05, 0) is 45.3 Å². The van der Waals surface area contributed by atoms with E-state index in [4.69, 9.17) is 0 Å². The maximum atomic E-state index is 11.1. The van der Waals surface area contributed by atoms with Gasteiger partial charge in [0.2, 0.25) is 0 Å². The molecule has 1 fully saturated rings. The molecule has 0 radical (unpaired) electrons. The third kappa shape index (κ3) is 3.64. The quantitative estimate of drug-likeness (QED) is 0.634. The second kappa shape index (κ2) is 5.98. The first-order chi connectivity index (χ1) is 6.74. The van der Waals surface area contributed by atoms with Crippen LogP contribution in [0.3, 0.4) is 0 Å². The smallest absolute Gasteiger partial charge is 0.322 e. The number of rotatable bonds is 4. The fourth-order valence-electron chi connectivity index (χ4n) is 1.70. The standard InChI is InChI=1S/C10H20N2O2/c1-8(10(13)14-2)12-7-9-4-3-5-11-6-9/h8-9,11-12H,3-7H2,1-2H3. The average molecular weight is 200 g/mol. The molecule has 0 aliphatic carbocycles. The minimum atomic E-state index is -0.193. The minimum absolute atomic E-state index is 0.186. The average Bonchev–Trinajstić information content (AvgIpc) is 2.26. The highest BCUT2D eigenvalue weighted by Gasteiger charge is 2.16. The summed E-state index contributed by atoms with van der Waals surface area (Å²) in [6, 6.07) is -0.193. The topological polar surface area (TPSA) is 50.4 Å². The van der Waals surface area contributed by atoms with Crippen molar-refractivity contribution < 1.29 is 9.53 Å². The van der Waals surface area contributed by atoms with Crippen molar-refractivity contribution in [1.29, 1.82) is 0 Å². The predicted molar refractivity (Wildman–Crippen MR) is 55.1 cm³/mol. The number of ether oxygens (including phenoxy) is 1. The van der Waals surface area contributed by atoms with Crippen LogP contribution in [0.5, 0.6) is 0 Å². The van der Waals surface area contributed by atoms with Crippen LogP contribution in [-0.2, 0) is 9.53 Å². The Labute approximate surface area is 85.4 Å². The van der Waals surface area contributed by atoms with Crippen molar-refractivity contribution >= 4 is 5.97 Å². The van der Waals surface area contributed by atoms with Gasteiger partial charge in [0.1, 0.15) is 6.04 Å². The molecule has 1 rings (SSSR count). The van der Waals surface area contributed by atoms with Crippen molar-refractivity contribution in [2.75, 3.05) is 26.7 Å². The van der Waals surface area contributed by atoms with E-state index in [-0.39, 0.29) is 12.0 Å². The Bertz CT molecular complexity index is 179. The number of esters is 1. The Morgan fingerprint density at radius 1 is 1.71 bits per heavy atom. The summed E-state index contributed by atoms with van der Waals surface area (Å²) in [5.41, 5.74) is 0. The fourth-order valence-corrected chi connectivity index (χ4v) is 1.70. The molecule has 1 heterocycles. The Hall–Kier alpha value is -0.610.